The molecule has 3 rings (SSSR count). The minimum Gasteiger partial charge on any atom is -0.461 e. The Bertz CT molecular complexity index is 792. The van der Waals surface area contributed by atoms with Crippen molar-refractivity contribution in [3.8, 4) is 11.6 Å². The van der Waals surface area contributed by atoms with E-state index in [4.69, 9.17) is 4.42 Å². The topological polar surface area (TPSA) is 60.9 Å². The highest BCUT2D eigenvalue weighted by molar-refractivity contribution is 7.98. The number of carbonyl (C=O) groups excluding carboxylic acids is 1. The number of nitrogens with zero attached hydrogens (tertiary/aromatic N) is 3. The lowest BCUT2D eigenvalue weighted by molar-refractivity contribution is 0.0944. The van der Waals surface area contributed by atoms with Gasteiger partial charge in [-0.15, -0.1) is 5.10 Å². The first-order valence-electron chi connectivity index (χ1n) is 6.60. The number of aromatic nitrogens is 3. The molecule has 0 atom stereocenters. The molecule has 0 amide bonds. The van der Waals surface area contributed by atoms with Crippen LogP contribution in [0.4, 0.5) is 0 Å². The molecule has 0 unspecified atom stereocenters. The number of furan rings is 1. The summed E-state index contributed by atoms with van der Waals surface area (Å²) in [5.41, 5.74) is 0.952. The van der Waals surface area contributed by atoms with E-state index in [1.807, 2.05) is 36.6 Å². The second-order valence-electron chi connectivity index (χ2n) is 4.39. The fraction of sp³-hybridized carbons (Fsp3) is 0.0625. The monoisotopic (exact) mass is 311 g/mol. The number of hydrogen-bond donors (Lipinski definition) is 0. The van der Waals surface area contributed by atoms with Gasteiger partial charge < -0.3 is 4.42 Å². The molecule has 22 heavy (non-hydrogen) atoms. The minimum atomic E-state index is -0.251. The first-order chi connectivity index (χ1) is 10.8. The standard InChI is InChI=1S/C16H13N3O2S/c1-22-16-17-15(13-8-5-11-21-13)18-19(16)14(20)10-9-12-6-3-2-4-7-12/h2-11H,1H3. The second kappa shape index (κ2) is 6.44. The second-order valence-corrected chi connectivity index (χ2v) is 5.17. The molecule has 0 saturated carbocycles. The summed E-state index contributed by atoms with van der Waals surface area (Å²) in [4.78, 5) is 16.6. The predicted octanol–water partition coefficient (Wildman–Crippen LogP) is 3.61. The van der Waals surface area contributed by atoms with Crippen LogP contribution in [0.5, 0.6) is 0 Å². The first-order valence-corrected chi connectivity index (χ1v) is 7.83. The molecular weight excluding hydrogens is 298 g/mol. The van der Waals surface area contributed by atoms with Gasteiger partial charge in [0.1, 0.15) is 0 Å². The van der Waals surface area contributed by atoms with Crippen molar-refractivity contribution in [2.24, 2.45) is 0 Å². The van der Waals surface area contributed by atoms with Gasteiger partial charge in [0.05, 0.1) is 6.26 Å². The van der Waals surface area contributed by atoms with Crippen LogP contribution >= 0.6 is 11.8 Å². The normalized spacial score (nSPS) is 11.1. The highest BCUT2D eigenvalue weighted by Gasteiger charge is 2.16. The lowest BCUT2D eigenvalue weighted by atomic mass is 10.2. The van der Waals surface area contributed by atoms with E-state index in [9.17, 15) is 4.79 Å². The van der Waals surface area contributed by atoms with E-state index in [2.05, 4.69) is 10.1 Å². The Balaban J connectivity index is 1.87. The van der Waals surface area contributed by atoms with Gasteiger partial charge >= 0.3 is 0 Å². The highest BCUT2D eigenvalue weighted by Crippen LogP contribution is 2.20. The van der Waals surface area contributed by atoms with E-state index in [0.717, 1.165) is 5.56 Å². The Labute approximate surface area is 131 Å². The predicted molar refractivity (Wildman–Crippen MR) is 85.6 cm³/mol. The maximum absolute atomic E-state index is 12.3. The molecule has 0 saturated heterocycles. The van der Waals surface area contributed by atoms with Gasteiger partial charge in [-0.05, 0) is 30.0 Å². The summed E-state index contributed by atoms with van der Waals surface area (Å²) in [7, 11) is 0. The molecule has 5 nitrogen and oxygen atoms in total. The molecule has 0 spiro atoms. The fourth-order valence-corrected chi connectivity index (χ4v) is 2.37. The lowest BCUT2D eigenvalue weighted by Gasteiger charge is -1.97. The largest absolute Gasteiger partial charge is 0.461 e. The van der Waals surface area contributed by atoms with E-state index >= 15 is 0 Å². The summed E-state index contributed by atoms with van der Waals surface area (Å²) < 4.78 is 6.54. The molecule has 0 aliphatic rings. The van der Waals surface area contributed by atoms with Crippen molar-refractivity contribution in [3.63, 3.8) is 0 Å². The quantitative estimate of drug-likeness (QED) is 0.544. The molecule has 0 aliphatic carbocycles. The molecule has 110 valence electrons. The van der Waals surface area contributed by atoms with E-state index in [0.29, 0.717) is 16.7 Å². The van der Waals surface area contributed by atoms with Crippen molar-refractivity contribution in [1.29, 1.82) is 0 Å². The number of allylic oxidation sites excluding steroid dienone is 1. The van der Waals surface area contributed by atoms with Crippen LogP contribution in [0.15, 0.2) is 64.4 Å². The van der Waals surface area contributed by atoms with Crippen molar-refractivity contribution < 1.29 is 9.21 Å². The van der Waals surface area contributed by atoms with Crippen molar-refractivity contribution in [2.45, 2.75) is 5.16 Å². The van der Waals surface area contributed by atoms with Gasteiger partial charge in [-0.1, -0.05) is 42.1 Å². The molecule has 1 aromatic carbocycles. The summed E-state index contributed by atoms with van der Waals surface area (Å²) in [5.74, 6) is 0.684. The molecule has 3 aromatic rings. The maximum Gasteiger partial charge on any atom is 0.273 e. The molecular formula is C16H13N3O2S. The number of carbonyl (C=O) groups is 1. The van der Waals surface area contributed by atoms with E-state index in [1.165, 1.54) is 22.5 Å². The summed E-state index contributed by atoms with van der Waals surface area (Å²) >= 11 is 1.36. The van der Waals surface area contributed by atoms with Crippen LogP contribution < -0.4 is 0 Å². The molecule has 2 heterocycles. The van der Waals surface area contributed by atoms with Gasteiger partial charge in [-0.2, -0.15) is 9.67 Å². The zero-order chi connectivity index (χ0) is 15.4. The summed E-state index contributed by atoms with van der Waals surface area (Å²) in [6, 6.07) is 13.1. The summed E-state index contributed by atoms with van der Waals surface area (Å²) in [6.07, 6.45) is 6.63. The van der Waals surface area contributed by atoms with E-state index < -0.39 is 0 Å². The van der Waals surface area contributed by atoms with Crippen molar-refractivity contribution >= 4 is 23.7 Å². The third kappa shape index (κ3) is 3.01. The smallest absolute Gasteiger partial charge is 0.273 e. The molecule has 0 N–H and O–H groups in total. The third-order valence-corrected chi connectivity index (χ3v) is 3.56. The van der Waals surface area contributed by atoms with Gasteiger partial charge in [0.25, 0.3) is 5.91 Å². The summed E-state index contributed by atoms with van der Waals surface area (Å²) in [5, 5.41) is 4.75. The van der Waals surface area contributed by atoms with Crippen molar-refractivity contribution in [1.82, 2.24) is 14.8 Å². The zero-order valence-corrected chi connectivity index (χ0v) is 12.7. The Morgan fingerprint density at radius 2 is 2.05 bits per heavy atom. The number of rotatable bonds is 4. The Hall–Kier alpha value is -2.60. The van der Waals surface area contributed by atoms with Crippen LogP contribution in [-0.4, -0.2) is 26.9 Å². The van der Waals surface area contributed by atoms with Crippen LogP contribution in [0.25, 0.3) is 17.7 Å². The SMILES string of the molecule is CSc1nc(-c2ccco2)nn1C(=O)C=Cc1ccccc1. The molecule has 0 fully saturated rings. The van der Waals surface area contributed by atoms with Crippen LogP contribution in [0.1, 0.15) is 10.4 Å². The van der Waals surface area contributed by atoms with Crippen molar-refractivity contribution in [3.05, 3.63) is 60.4 Å². The number of benzene rings is 1. The first kappa shape index (κ1) is 14.3. The number of hydrogen-bond acceptors (Lipinski definition) is 5. The average molecular weight is 311 g/mol. The third-order valence-electron chi connectivity index (χ3n) is 2.93. The Morgan fingerprint density at radius 3 is 2.73 bits per heavy atom. The Morgan fingerprint density at radius 1 is 1.23 bits per heavy atom. The molecule has 2 aromatic heterocycles. The van der Waals surface area contributed by atoms with Crippen LogP contribution in [0.3, 0.4) is 0 Å². The van der Waals surface area contributed by atoms with Crippen LogP contribution in [0, 0.1) is 0 Å². The van der Waals surface area contributed by atoms with Crippen LogP contribution in [-0.2, 0) is 0 Å². The summed E-state index contributed by atoms with van der Waals surface area (Å²) in [6.45, 7) is 0. The van der Waals surface area contributed by atoms with Gasteiger partial charge in [0.2, 0.25) is 5.82 Å². The van der Waals surface area contributed by atoms with Gasteiger partial charge in [0.15, 0.2) is 10.9 Å². The highest BCUT2D eigenvalue weighted by atomic mass is 32.2. The maximum atomic E-state index is 12.3. The Kier molecular flexibility index (Phi) is 4.20. The van der Waals surface area contributed by atoms with Crippen molar-refractivity contribution in [2.75, 3.05) is 6.26 Å². The molecule has 6 heteroatoms. The minimum absolute atomic E-state index is 0.251. The fourth-order valence-electron chi connectivity index (χ4n) is 1.89. The van der Waals surface area contributed by atoms with Gasteiger partial charge in [-0.3, -0.25) is 4.79 Å². The van der Waals surface area contributed by atoms with Crippen LogP contribution in [0.2, 0.25) is 0 Å². The average Bonchev–Trinajstić information content (AvgIpc) is 3.22. The lowest BCUT2D eigenvalue weighted by Crippen LogP contribution is -2.10. The van der Waals surface area contributed by atoms with Gasteiger partial charge in [-0.25, -0.2) is 0 Å². The number of thioether (sulfide) groups is 1. The molecule has 0 aliphatic heterocycles. The van der Waals surface area contributed by atoms with Gasteiger partial charge in [0, 0.05) is 6.08 Å². The molecule has 0 bridgehead atoms. The van der Waals surface area contributed by atoms with E-state index in [1.54, 1.807) is 24.5 Å². The zero-order valence-electron chi connectivity index (χ0n) is 11.8. The van der Waals surface area contributed by atoms with E-state index in [-0.39, 0.29) is 5.91 Å². The molecule has 0 radical (unpaired) electrons.